The molecule has 10 nitrogen and oxygen atoms in total. The summed E-state index contributed by atoms with van der Waals surface area (Å²) in [7, 11) is 0. The van der Waals surface area contributed by atoms with Gasteiger partial charge in [-0.2, -0.15) is 5.26 Å². The number of ether oxygens (including phenoxy) is 1. The zero-order valence-corrected chi connectivity index (χ0v) is 12.7. The average molecular weight is 323 g/mol. The summed E-state index contributed by atoms with van der Waals surface area (Å²) in [6.07, 6.45) is 4.59. The van der Waals surface area contributed by atoms with Crippen LogP contribution in [0.5, 0.6) is 0 Å². The van der Waals surface area contributed by atoms with Crippen molar-refractivity contribution in [2.75, 3.05) is 6.54 Å². The van der Waals surface area contributed by atoms with Crippen molar-refractivity contribution < 1.29 is 9.53 Å². The second kappa shape index (κ2) is 9.17. The van der Waals surface area contributed by atoms with Crippen molar-refractivity contribution in [3.8, 4) is 6.26 Å². The molecule has 0 aliphatic carbocycles. The highest BCUT2D eigenvalue weighted by Gasteiger charge is 2.14. The topological polar surface area (TPSA) is 128 Å². The molecule has 1 heterocycles. The van der Waals surface area contributed by atoms with Crippen LogP contribution in [-0.2, 0) is 29.4 Å². The first kappa shape index (κ1) is 18.1. The summed E-state index contributed by atoms with van der Waals surface area (Å²) < 4.78 is 6.98. The largest absolute Gasteiger partial charge is 0.405 e. The molecular weight excluding hydrogens is 306 g/mol. The van der Waals surface area contributed by atoms with Crippen LogP contribution in [-0.4, -0.2) is 26.3 Å². The monoisotopic (exact) mass is 323 g/mol. The lowest BCUT2D eigenvalue weighted by molar-refractivity contribution is 0.175. The zero-order valence-electron chi connectivity index (χ0n) is 12.7. The van der Waals surface area contributed by atoms with Gasteiger partial charge >= 0.3 is 17.1 Å². The van der Waals surface area contributed by atoms with Crippen LogP contribution < -0.4 is 17.1 Å². The first-order chi connectivity index (χ1) is 11.1. The Labute approximate surface area is 130 Å². The molecule has 124 valence electrons. The van der Waals surface area contributed by atoms with Crippen LogP contribution in [0.4, 0.5) is 0 Å². The molecule has 1 aromatic rings. The zero-order chi connectivity index (χ0) is 17.2. The van der Waals surface area contributed by atoms with E-state index in [1.807, 2.05) is 0 Å². The van der Waals surface area contributed by atoms with Crippen molar-refractivity contribution >= 4 is 6.08 Å². The van der Waals surface area contributed by atoms with Crippen LogP contribution >= 0.6 is 0 Å². The summed E-state index contributed by atoms with van der Waals surface area (Å²) >= 11 is 0. The van der Waals surface area contributed by atoms with Crippen molar-refractivity contribution in [3.63, 3.8) is 0 Å². The normalized spacial score (nSPS) is 9.91. The van der Waals surface area contributed by atoms with E-state index in [-0.39, 0.29) is 13.1 Å². The fraction of sp³-hybridized carbons (Fsp3) is 0.615. The quantitative estimate of drug-likeness (QED) is 0.252. The molecule has 0 radical (unpaired) electrons. The number of hydrogen-bond donors (Lipinski definition) is 0. The summed E-state index contributed by atoms with van der Waals surface area (Å²) in [5.41, 5.74) is -2.32. The molecule has 0 saturated carbocycles. The predicted molar refractivity (Wildman–Crippen MR) is 78.4 cm³/mol. The first-order valence-corrected chi connectivity index (χ1v) is 7.07. The van der Waals surface area contributed by atoms with E-state index in [2.05, 4.69) is 9.73 Å². The molecule has 0 saturated heterocycles. The molecule has 0 aromatic carbocycles. The third-order valence-corrected chi connectivity index (χ3v) is 3.18. The van der Waals surface area contributed by atoms with Crippen LogP contribution in [0, 0.1) is 11.5 Å². The van der Waals surface area contributed by atoms with Crippen molar-refractivity contribution in [3.05, 3.63) is 31.5 Å². The lowest BCUT2D eigenvalue weighted by Crippen LogP contribution is -2.54. The molecule has 0 spiro atoms. The minimum Gasteiger partial charge on any atom is -0.405 e. The Balaban J connectivity index is 3.04. The number of aromatic nitrogens is 3. The molecule has 23 heavy (non-hydrogen) atoms. The number of isocyanates is 1. The minimum absolute atomic E-state index is 0.0958. The molecule has 0 bridgehead atoms. The summed E-state index contributed by atoms with van der Waals surface area (Å²) in [6.45, 7) is 1.62. The SMILES string of the molecule is CCn1c(=O)n(CCCCCN=C=O)c(=O)n(COC#N)c1=O. The van der Waals surface area contributed by atoms with E-state index in [0.717, 1.165) is 9.13 Å². The first-order valence-electron chi connectivity index (χ1n) is 7.07. The lowest BCUT2D eigenvalue weighted by atomic mass is 10.2. The van der Waals surface area contributed by atoms with Crippen molar-refractivity contribution in [1.29, 1.82) is 5.26 Å². The van der Waals surface area contributed by atoms with E-state index in [0.29, 0.717) is 30.4 Å². The Morgan fingerprint density at radius 1 is 1.04 bits per heavy atom. The predicted octanol–water partition coefficient (Wildman–Crippen LogP) is -0.847. The second-order valence-corrected chi connectivity index (χ2v) is 4.57. The van der Waals surface area contributed by atoms with Crippen LogP contribution in [0.3, 0.4) is 0 Å². The standard InChI is InChI=1S/C13H17N5O5/c1-2-16-11(20)17(7-5-3-4-6-15-9-19)13(22)18(12(16)21)10-23-8-14/h2-7,10H2,1H3. The number of nitriles is 1. The highest BCUT2D eigenvalue weighted by Crippen LogP contribution is 1.96. The third-order valence-electron chi connectivity index (χ3n) is 3.18. The van der Waals surface area contributed by atoms with Crippen LogP contribution in [0.2, 0.25) is 0 Å². The number of nitrogens with zero attached hydrogens (tertiary/aromatic N) is 5. The van der Waals surface area contributed by atoms with Gasteiger partial charge in [-0.15, -0.1) is 0 Å². The van der Waals surface area contributed by atoms with E-state index < -0.39 is 23.8 Å². The summed E-state index contributed by atoms with van der Waals surface area (Å²) in [4.78, 5) is 49.7. The van der Waals surface area contributed by atoms with E-state index in [1.54, 1.807) is 6.92 Å². The maximum atomic E-state index is 12.2. The van der Waals surface area contributed by atoms with Crippen molar-refractivity contribution in [1.82, 2.24) is 13.7 Å². The molecule has 1 aromatic heterocycles. The van der Waals surface area contributed by atoms with Crippen LogP contribution in [0.25, 0.3) is 0 Å². The van der Waals surface area contributed by atoms with Gasteiger partial charge in [-0.3, -0.25) is 0 Å². The van der Waals surface area contributed by atoms with Gasteiger partial charge in [0.2, 0.25) is 6.08 Å². The van der Waals surface area contributed by atoms with Crippen LogP contribution in [0.1, 0.15) is 26.2 Å². The van der Waals surface area contributed by atoms with Gasteiger partial charge in [0.25, 0.3) is 6.26 Å². The Morgan fingerprint density at radius 2 is 1.70 bits per heavy atom. The Morgan fingerprint density at radius 3 is 2.30 bits per heavy atom. The number of carbonyl (C=O) groups excluding carboxylic acids is 1. The Kier molecular flexibility index (Phi) is 7.23. The molecule has 0 amide bonds. The van der Waals surface area contributed by atoms with Gasteiger partial charge in [-0.05, 0) is 26.2 Å². The van der Waals surface area contributed by atoms with Crippen LogP contribution in [0.15, 0.2) is 19.4 Å². The smallest absolute Gasteiger partial charge is 0.339 e. The second-order valence-electron chi connectivity index (χ2n) is 4.57. The van der Waals surface area contributed by atoms with E-state index in [9.17, 15) is 19.2 Å². The fourth-order valence-corrected chi connectivity index (χ4v) is 2.03. The molecule has 0 unspecified atom stereocenters. The molecule has 10 heteroatoms. The van der Waals surface area contributed by atoms with Gasteiger partial charge in [0.1, 0.15) is 0 Å². The average Bonchev–Trinajstić information content (AvgIpc) is 2.54. The summed E-state index contributed by atoms with van der Waals surface area (Å²) in [5.74, 6) is 0. The number of unbranched alkanes of at least 4 members (excludes halogenated alkanes) is 2. The Bertz CT molecular complexity index is 791. The molecular formula is C13H17N5O5. The summed E-state index contributed by atoms with van der Waals surface area (Å²) in [6, 6.07) is 0. The van der Waals surface area contributed by atoms with Gasteiger partial charge in [0, 0.05) is 13.1 Å². The number of hydrogen-bond acceptors (Lipinski definition) is 7. The molecule has 0 aliphatic heterocycles. The van der Waals surface area contributed by atoms with Gasteiger partial charge in [-0.25, -0.2) is 37.9 Å². The van der Waals surface area contributed by atoms with Gasteiger partial charge in [0.15, 0.2) is 6.73 Å². The molecule has 0 fully saturated rings. The molecule has 0 N–H and O–H groups in total. The van der Waals surface area contributed by atoms with Crippen molar-refractivity contribution in [2.24, 2.45) is 4.99 Å². The van der Waals surface area contributed by atoms with E-state index >= 15 is 0 Å². The molecule has 1 rings (SSSR count). The highest BCUT2D eigenvalue weighted by atomic mass is 16.5. The lowest BCUT2D eigenvalue weighted by Gasteiger charge is -2.11. The van der Waals surface area contributed by atoms with Gasteiger partial charge in [0.05, 0.1) is 6.54 Å². The fourth-order valence-electron chi connectivity index (χ4n) is 2.03. The summed E-state index contributed by atoms with van der Waals surface area (Å²) in [5, 5.41) is 8.40. The molecule has 0 aliphatic rings. The third kappa shape index (κ3) is 4.52. The number of rotatable bonds is 9. The maximum Gasteiger partial charge on any atom is 0.339 e. The maximum absolute atomic E-state index is 12.2. The highest BCUT2D eigenvalue weighted by molar-refractivity contribution is 5.32. The van der Waals surface area contributed by atoms with E-state index in [4.69, 9.17) is 5.26 Å². The van der Waals surface area contributed by atoms with Gasteiger partial charge in [-0.1, -0.05) is 0 Å². The minimum atomic E-state index is -0.814. The molecule has 0 atom stereocenters. The van der Waals surface area contributed by atoms with Gasteiger partial charge < -0.3 is 4.74 Å². The Hall–Kier alpha value is -2.92. The van der Waals surface area contributed by atoms with Crippen molar-refractivity contribution in [2.45, 2.75) is 46.0 Å². The number of aliphatic imine (C=N–C) groups is 1. The van der Waals surface area contributed by atoms with E-state index in [1.165, 1.54) is 12.3 Å².